The fraction of sp³-hybridized carbons (Fsp3) is 0.583. The normalized spacial score (nSPS) is 18.8. The predicted octanol–water partition coefficient (Wildman–Crippen LogP) is 3.45. The van der Waals surface area contributed by atoms with E-state index >= 15 is 0 Å². The highest BCUT2D eigenvalue weighted by Crippen LogP contribution is 2.30. The molecule has 2 aliphatic heterocycles. The Bertz CT molecular complexity index is 841. The quantitative estimate of drug-likeness (QED) is 0.647. The van der Waals surface area contributed by atoms with Crippen molar-refractivity contribution >= 4 is 5.91 Å². The molecular weight excluding hydrogens is 392 g/mol. The number of piperidine rings is 1. The molecule has 0 N–H and O–H groups in total. The number of likely N-dealkylation sites (tertiary alicyclic amines) is 2. The van der Waals surface area contributed by atoms with Crippen molar-refractivity contribution in [3.8, 4) is 11.5 Å². The molecule has 0 saturated carbocycles. The Morgan fingerprint density at radius 3 is 2.65 bits per heavy atom. The van der Waals surface area contributed by atoms with Crippen molar-refractivity contribution in [1.29, 1.82) is 0 Å². The first-order chi connectivity index (χ1) is 15.1. The summed E-state index contributed by atoms with van der Waals surface area (Å²) in [6.45, 7) is 6.91. The fourth-order valence-electron chi connectivity index (χ4n) is 4.54. The second-order valence-electron chi connectivity index (χ2n) is 8.62. The zero-order valence-corrected chi connectivity index (χ0v) is 18.7. The minimum Gasteiger partial charge on any atom is -0.497 e. The van der Waals surface area contributed by atoms with Gasteiger partial charge in [0.1, 0.15) is 17.6 Å². The summed E-state index contributed by atoms with van der Waals surface area (Å²) < 4.78 is 13.8. The first-order valence-electron chi connectivity index (χ1n) is 11.5. The molecule has 4 rings (SSSR count). The van der Waals surface area contributed by atoms with Crippen LogP contribution >= 0.6 is 0 Å². The SMILES string of the molecule is COc1ccc(C(=O)N2CCCC2)c(OC2CCN(C(C)CCn3cccn3)CC2)c1. The average molecular weight is 427 g/mol. The van der Waals surface area contributed by atoms with Gasteiger partial charge >= 0.3 is 0 Å². The van der Waals surface area contributed by atoms with Gasteiger partial charge in [-0.05, 0) is 57.2 Å². The van der Waals surface area contributed by atoms with E-state index < -0.39 is 0 Å². The van der Waals surface area contributed by atoms with Gasteiger partial charge in [0.15, 0.2) is 0 Å². The summed E-state index contributed by atoms with van der Waals surface area (Å²) in [6.07, 6.45) is 9.12. The Morgan fingerprint density at radius 1 is 1.19 bits per heavy atom. The van der Waals surface area contributed by atoms with E-state index in [0.29, 0.717) is 17.4 Å². The highest BCUT2D eigenvalue weighted by atomic mass is 16.5. The maximum absolute atomic E-state index is 13.0. The minimum atomic E-state index is 0.0693. The van der Waals surface area contributed by atoms with Gasteiger partial charge in [-0.3, -0.25) is 9.48 Å². The molecule has 3 heterocycles. The van der Waals surface area contributed by atoms with Crippen LogP contribution in [0.4, 0.5) is 0 Å². The molecule has 2 saturated heterocycles. The highest BCUT2D eigenvalue weighted by Gasteiger charge is 2.27. The third-order valence-electron chi connectivity index (χ3n) is 6.54. The lowest BCUT2D eigenvalue weighted by Gasteiger charge is -2.36. The lowest BCUT2D eigenvalue weighted by Crippen LogP contribution is -2.43. The van der Waals surface area contributed by atoms with E-state index in [0.717, 1.165) is 70.6 Å². The van der Waals surface area contributed by atoms with Gasteiger partial charge in [-0.25, -0.2) is 0 Å². The van der Waals surface area contributed by atoms with E-state index in [9.17, 15) is 4.79 Å². The van der Waals surface area contributed by atoms with Crippen molar-refractivity contribution in [1.82, 2.24) is 19.6 Å². The molecule has 168 valence electrons. The van der Waals surface area contributed by atoms with Gasteiger partial charge in [0.25, 0.3) is 5.91 Å². The first-order valence-corrected chi connectivity index (χ1v) is 11.5. The summed E-state index contributed by atoms with van der Waals surface area (Å²) in [5, 5.41) is 4.29. The molecule has 0 spiro atoms. The molecule has 2 fully saturated rings. The summed E-state index contributed by atoms with van der Waals surface area (Å²) in [5.74, 6) is 1.44. The summed E-state index contributed by atoms with van der Waals surface area (Å²) in [4.78, 5) is 17.5. The van der Waals surface area contributed by atoms with Gasteiger partial charge in [-0.2, -0.15) is 5.10 Å². The molecule has 1 aromatic carbocycles. The number of aryl methyl sites for hydroxylation is 1. The molecule has 1 aromatic heterocycles. The molecular formula is C24H34N4O3. The number of amides is 1. The van der Waals surface area contributed by atoms with Crippen molar-refractivity contribution < 1.29 is 14.3 Å². The van der Waals surface area contributed by atoms with Crippen LogP contribution in [0, 0.1) is 0 Å². The number of benzene rings is 1. The smallest absolute Gasteiger partial charge is 0.257 e. The van der Waals surface area contributed by atoms with E-state index in [-0.39, 0.29) is 12.0 Å². The third kappa shape index (κ3) is 5.39. The summed E-state index contributed by atoms with van der Waals surface area (Å²) in [5.41, 5.74) is 0.651. The molecule has 7 nitrogen and oxygen atoms in total. The molecule has 0 bridgehead atoms. The number of rotatable bonds is 8. The van der Waals surface area contributed by atoms with Gasteiger partial charge in [0, 0.05) is 57.2 Å². The largest absolute Gasteiger partial charge is 0.497 e. The third-order valence-corrected chi connectivity index (χ3v) is 6.54. The van der Waals surface area contributed by atoms with Crippen LogP contribution in [0.2, 0.25) is 0 Å². The highest BCUT2D eigenvalue weighted by molar-refractivity contribution is 5.97. The monoisotopic (exact) mass is 426 g/mol. The summed E-state index contributed by atoms with van der Waals surface area (Å²) in [6, 6.07) is 8.03. The Morgan fingerprint density at radius 2 is 1.97 bits per heavy atom. The number of ether oxygens (including phenoxy) is 2. The van der Waals surface area contributed by atoms with Crippen LogP contribution in [0.25, 0.3) is 0 Å². The van der Waals surface area contributed by atoms with Crippen LogP contribution in [0.1, 0.15) is 49.4 Å². The lowest BCUT2D eigenvalue weighted by atomic mass is 10.0. The number of carbonyl (C=O) groups excluding carboxylic acids is 1. The van der Waals surface area contributed by atoms with Crippen LogP contribution in [0.15, 0.2) is 36.7 Å². The van der Waals surface area contributed by atoms with E-state index in [1.807, 2.05) is 46.2 Å². The Kier molecular flexibility index (Phi) is 7.12. The van der Waals surface area contributed by atoms with Crippen molar-refractivity contribution in [2.45, 2.75) is 57.7 Å². The standard InChI is InChI=1S/C24H34N4O3/c1-19(8-17-28-14-5-11-25-28)26-15-9-20(10-16-26)31-23-18-21(30-2)6-7-22(23)24(29)27-12-3-4-13-27/h5-7,11,14,18-20H,3-4,8-10,12-13,15-17H2,1-2H3. The molecule has 0 aliphatic carbocycles. The van der Waals surface area contributed by atoms with Crippen LogP contribution in [0.5, 0.6) is 11.5 Å². The first kappa shape index (κ1) is 21.7. The van der Waals surface area contributed by atoms with E-state index in [1.165, 1.54) is 0 Å². The van der Waals surface area contributed by atoms with Gasteiger partial charge < -0.3 is 19.3 Å². The second-order valence-corrected chi connectivity index (χ2v) is 8.62. The van der Waals surface area contributed by atoms with E-state index in [1.54, 1.807) is 7.11 Å². The summed E-state index contributed by atoms with van der Waals surface area (Å²) >= 11 is 0. The number of hydrogen-bond donors (Lipinski definition) is 0. The van der Waals surface area contributed by atoms with E-state index in [2.05, 4.69) is 16.9 Å². The summed E-state index contributed by atoms with van der Waals surface area (Å²) in [7, 11) is 1.64. The van der Waals surface area contributed by atoms with Crippen LogP contribution in [0.3, 0.4) is 0 Å². The van der Waals surface area contributed by atoms with Gasteiger partial charge in [-0.1, -0.05) is 0 Å². The van der Waals surface area contributed by atoms with Crippen LogP contribution in [-0.2, 0) is 6.54 Å². The molecule has 1 amide bonds. The topological polar surface area (TPSA) is 59.8 Å². The molecule has 2 aromatic rings. The van der Waals surface area contributed by atoms with Gasteiger partial charge in [-0.15, -0.1) is 0 Å². The van der Waals surface area contributed by atoms with Crippen molar-refractivity contribution in [3.05, 3.63) is 42.2 Å². The maximum atomic E-state index is 13.0. The van der Waals surface area contributed by atoms with E-state index in [4.69, 9.17) is 9.47 Å². The number of aromatic nitrogens is 2. The number of hydrogen-bond acceptors (Lipinski definition) is 5. The second kappa shape index (κ2) is 10.2. The van der Waals surface area contributed by atoms with Gasteiger partial charge in [0.05, 0.1) is 12.7 Å². The molecule has 7 heteroatoms. The molecule has 31 heavy (non-hydrogen) atoms. The fourth-order valence-corrected chi connectivity index (χ4v) is 4.54. The zero-order valence-electron chi connectivity index (χ0n) is 18.7. The maximum Gasteiger partial charge on any atom is 0.257 e. The van der Waals surface area contributed by atoms with Crippen molar-refractivity contribution in [2.24, 2.45) is 0 Å². The molecule has 2 aliphatic rings. The Balaban J connectivity index is 1.34. The molecule has 0 radical (unpaired) electrons. The molecule has 1 unspecified atom stereocenters. The van der Waals surface area contributed by atoms with Crippen molar-refractivity contribution in [2.75, 3.05) is 33.3 Å². The number of carbonyl (C=O) groups is 1. The molecule has 1 atom stereocenters. The van der Waals surface area contributed by atoms with Crippen LogP contribution < -0.4 is 9.47 Å². The van der Waals surface area contributed by atoms with Crippen LogP contribution in [-0.4, -0.2) is 70.9 Å². The van der Waals surface area contributed by atoms with Gasteiger partial charge in [0.2, 0.25) is 0 Å². The van der Waals surface area contributed by atoms with Crippen molar-refractivity contribution in [3.63, 3.8) is 0 Å². The minimum absolute atomic E-state index is 0.0693. The average Bonchev–Trinajstić information content (AvgIpc) is 3.52. The predicted molar refractivity (Wildman–Crippen MR) is 120 cm³/mol. The Labute approximate surface area is 184 Å². The Hall–Kier alpha value is -2.54. The lowest BCUT2D eigenvalue weighted by molar-refractivity contribution is 0.0708. The number of methoxy groups -OCH3 is 1. The zero-order chi connectivity index (χ0) is 21.6. The number of nitrogens with zero attached hydrogens (tertiary/aromatic N) is 4.